The summed E-state index contributed by atoms with van der Waals surface area (Å²) < 4.78 is 13.9. The van der Waals surface area contributed by atoms with Crippen LogP contribution in [-0.2, 0) is 4.79 Å². The molecule has 3 aromatic carbocycles. The fourth-order valence-electron chi connectivity index (χ4n) is 3.62. The molecule has 0 saturated heterocycles. The Morgan fingerprint density at radius 1 is 1.00 bits per heavy atom. The van der Waals surface area contributed by atoms with Crippen molar-refractivity contribution in [1.29, 1.82) is 0 Å². The number of hydrogen-bond acceptors (Lipinski definition) is 3. The molecule has 3 amide bonds. The number of carbonyl (C=O) groups excluding carboxylic acids is 3. The molecule has 0 bridgehead atoms. The molecule has 1 N–H and O–H groups in total. The van der Waals surface area contributed by atoms with Gasteiger partial charge >= 0.3 is 0 Å². The maximum atomic E-state index is 13.9. The standard InChI is InChI=1S/C23H19FN2O3/c1-14-10-11-19(18(24)13-14)25-20(27)9-4-12-26-22(28)16-7-2-5-15-6-3-8-17(21(15)16)23(26)29/h2-3,5-8,10-11,13H,4,9,12H2,1H3,(H,25,27). The Labute approximate surface area is 167 Å². The molecular formula is C23H19FN2O3. The van der Waals surface area contributed by atoms with E-state index < -0.39 is 5.82 Å². The normalized spacial score (nSPS) is 13.1. The fraction of sp³-hybridized carbons (Fsp3) is 0.174. The summed E-state index contributed by atoms with van der Waals surface area (Å²) in [7, 11) is 0. The van der Waals surface area contributed by atoms with Crippen molar-refractivity contribution < 1.29 is 18.8 Å². The second-order valence-electron chi connectivity index (χ2n) is 7.11. The third-order valence-corrected chi connectivity index (χ3v) is 5.04. The molecule has 3 aromatic rings. The average Bonchev–Trinajstić information content (AvgIpc) is 2.70. The van der Waals surface area contributed by atoms with Gasteiger partial charge in [-0.15, -0.1) is 0 Å². The first-order valence-corrected chi connectivity index (χ1v) is 9.39. The lowest BCUT2D eigenvalue weighted by atomic mass is 9.94. The Morgan fingerprint density at radius 2 is 1.66 bits per heavy atom. The molecule has 0 radical (unpaired) electrons. The van der Waals surface area contributed by atoms with Crippen LogP contribution in [0.3, 0.4) is 0 Å². The Bertz CT molecular complexity index is 1110. The molecule has 1 aliphatic heterocycles. The Balaban J connectivity index is 1.43. The number of anilines is 1. The first-order chi connectivity index (χ1) is 14.0. The van der Waals surface area contributed by atoms with E-state index in [-0.39, 0.29) is 42.8 Å². The molecule has 4 rings (SSSR count). The van der Waals surface area contributed by atoms with Crippen LogP contribution < -0.4 is 5.32 Å². The number of imide groups is 1. The van der Waals surface area contributed by atoms with Crippen LogP contribution in [0, 0.1) is 12.7 Å². The predicted octanol–water partition coefficient (Wildman–Crippen LogP) is 4.30. The number of carbonyl (C=O) groups is 3. The molecule has 5 nitrogen and oxygen atoms in total. The fourth-order valence-corrected chi connectivity index (χ4v) is 3.62. The molecule has 0 unspecified atom stereocenters. The van der Waals surface area contributed by atoms with Gasteiger partial charge in [0.2, 0.25) is 5.91 Å². The number of aryl methyl sites for hydroxylation is 1. The van der Waals surface area contributed by atoms with E-state index in [0.29, 0.717) is 16.5 Å². The number of nitrogens with one attached hydrogen (secondary N) is 1. The third kappa shape index (κ3) is 3.49. The van der Waals surface area contributed by atoms with Gasteiger partial charge in [0.15, 0.2) is 0 Å². The number of rotatable bonds is 5. The zero-order chi connectivity index (χ0) is 20.5. The van der Waals surface area contributed by atoms with Gasteiger partial charge in [-0.25, -0.2) is 4.39 Å². The minimum absolute atomic E-state index is 0.0657. The van der Waals surface area contributed by atoms with E-state index in [1.807, 2.05) is 12.1 Å². The van der Waals surface area contributed by atoms with Crippen molar-refractivity contribution in [1.82, 2.24) is 4.90 Å². The highest BCUT2D eigenvalue weighted by Gasteiger charge is 2.32. The minimum Gasteiger partial charge on any atom is -0.324 e. The third-order valence-electron chi connectivity index (χ3n) is 5.04. The van der Waals surface area contributed by atoms with E-state index in [4.69, 9.17) is 0 Å². The lowest BCUT2D eigenvalue weighted by Gasteiger charge is -2.27. The van der Waals surface area contributed by atoms with E-state index in [9.17, 15) is 18.8 Å². The molecule has 1 heterocycles. The summed E-state index contributed by atoms with van der Waals surface area (Å²) in [5.74, 6) is -1.58. The maximum Gasteiger partial charge on any atom is 0.261 e. The molecule has 29 heavy (non-hydrogen) atoms. The number of hydrogen-bond donors (Lipinski definition) is 1. The van der Waals surface area contributed by atoms with Crippen LogP contribution in [0.2, 0.25) is 0 Å². The van der Waals surface area contributed by atoms with Gasteiger partial charge in [-0.3, -0.25) is 19.3 Å². The van der Waals surface area contributed by atoms with Gasteiger partial charge in [0.25, 0.3) is 11.8 Å². The molecule has 0 saturated carbocycles. The predicted molar refractivity (Wildman–Crippen MR) is 108 cm³/mol. The van der Waals surface area contributed by atoms with Crippen LogP contribution >= 0.6 is 0 Å². The SMILES string of the molecule is Cc1ccc(NC(=O)CCCN2C(=O)c3cccc4cccc(c34)C2=O)c(F)c1. The number of nitrogens with zero attached hydrogens (tertiary/aromatic N) is 1. The summed E-state index contributed by atoms with van der Waals surface area (Å²) in [5.41, 5.74) is 1.86. The lowest BCUT2D eigenvalue weighted by molar-refractivity contribution is -0.116. The second-order valence-corrected chi connectivity index (χ2v) is 7.11. The highest BCUT2D eigenvalue weighted by Crippen LogP contribution is 2.30. The molecular weight excluding hydrogens is 371 g/mol. The van der Waals surface area contributed by atoms with Gasteiger partial charge in [0, 0.05) is 29.5 Å². The van der Waals surface area contributed by atoms with Crippen molar-refractivity contribution in [2.45, 2.75) is 19.8 Å². The summed E-state index contributed by atoms with van der Waals surface area (Å²) >= 11 is 0. The lowest BCUT2D eigenvalue weighted by Crippen LogP contribution is -2.41. The molecule has 0 spiro atoms. The van der Waals surface area contributed by atoms with Gasteiger partial charge in [-0.1, -0.05) is 30.3 Å². The molecule has 0 fully saturated rings. The van der Waals surface area contributed by atoms with E-state index in [1.165, 1.54) is 17.0 Å². The van der Waals surface area contributed by atoms with Crippen molar-refractivity contribution >= 4 is 34.2 Å². The largest absolute Gasteiger partial charge is 0.324 e. The van der Waals surface area contributed by atoms with Gasteiger partial charge in [0.1, 0.15) is 5.82 Å². The van der Waals surface area contributed by atoms with Gasteiger partial charge in [-0.2, -0.15) is 0 Å². The zero-order valence-electron chi connectivity index (χ0n) is 15.9. The smallest absolute Gasteiger partial charge is 0.261 e. The van der Waals surface area contributed by atoms with Gasteiger partial charge in [0.05, 0.1) is 5.69 Å². The molecule has 146 valence electrons. The highest BCUT2D eigenvalue weighted by molar-refractivity contribution is 6.25. The van der Waals surface area contributed by atoms with Crippen molar-refractivity contribution in [3.8, 4) is 0 Å². The molecule has 6 heteroatoms. The Hall–Kier alpha value is -3.54. The monoisotopic (exact) mass is 390 g/mol. The Morgan fingerprint density at radius 3 is 2.28 bits per heavy atom. The molecule has 1 aliphatic rings. The van der Waals surface area contributed by atoms with Crippen molar-refractivity contribution in [3.05, 3.63) is 77.1 Å². The second kappa shape index (κ2) is 7.47. The first kappa shape index (κ1) is 18.8. The van der Waals surface area contributed by atoms with E-state index >= 15 is 0 Å². The van der Waals surface area contributed by atoms with Gasteiger partial charge < -0.3 is 5.32 Å². The van der Waals surface area contributed by atoms with Crippen LogP contribution in [-0.4, -0.2) is 29.2 Å². The van der Waals surface area contributed by atoms with Crippen LogP contribution in [0.4, 0.5) is 10.1 Å². The summed E-state index contributed by atoms with van der Waals surface area (Å²) in [6.07, 6.45) is 0.352. The van der Waals surface area contributed by atoms with Crippen LogP contribution in [0.15, 0.2) is 54.6 Å². The topological polar surface area (TPSA) is 66.5 Å². The number of halogens is 1. The highest BCUT2D eigenvalue weighted by atomic mass is 19.1. The minimum atomic E-state index is -0.496. The van der Waals surface area contributed by atoms with Crippen molar-refractivity contribution in [2.75, 3.05) is 11.9 Å². The number of amides is 3. The van der Waals surface area contributed by atoms with Gasteiger partial charge in [-0.05, 0) is 48.6 Å². The Kier molecular flexibility index (Phi) is 4.84. The maximum absolute atomic E-state index is 13.9. The summed E-state index contributed by atoms with van der Waals surface area (Å²) in [4.78, 5) is 38.9. The zero-order valence-corrected chi connectivity index (χ0v) is 15.9. The quantitative estimate of drug-likeness (QED) is 0.661. The first-order valence-electron chi connectivity index (χ1n) is 9.39. The average molecular weight is 390 g/mol. The van der Waals surface area contributed by atoms with Crippen molar-refractivity contribution in [2.24, 2.45) is 0 Å². The molecule has 0 atom stereocenters. The van der Waals surface area contributed by atoms with E-state index in [0.717, 1.165) is 10.9 Å². The van der Waals surface area contributed by atoms with Crippen molar-refractivity contribution in [3.63, 3.8) is 0 Å². The van der Waals surface area contributed by atoms with Crippen LogP contribution in [0.25, 0.3) is 10.8 Å². The van der Waals surface area contributed by atoms with E-state index in [2.05, 4.69) is 5.32 Å². The molecule has 0 aromatic heterocycles. The number of benzene rings is 3. The van der Waals surface area contributed by atoms with Crippen LogP contribution in [0.1, 0.15) is 39.1 Å². The van der Waals surface area contributed by atoms with Crippen LogP contribution in [0.5, 0.6) is 0 Å². The summed E-state index contributed by atoms with van der Waals surface area (Å²) in [5, 5.41) is 4.05. The summed E-state index contributed by atoms with van der Waals surface area (Å²) in [6, 6.07) is 15.3. The summed E-state index contributed by atoms with van der Waals surface area (Å²) in [6.45, 7) is 1.88. The van der Waals surface area contributed by atoms with E-state index in [1.54, 1.807) is 37.3 Å². The molecule has 0 aliphatic carbocycles.